The lowest BCUT2D eigenvalue weighted by atomic mass is 9.91. The fourth-order valence-electron chi connectivity index (χ4n) is 3.34. The number of likely N-dealkylation sites (tertiary alicyclic amines) is 2. The standard InChI is InChI=1S/C16H21FN2O/c1-11(2)16(20)19-9-13-8-18(15(13)10-19)7-12-4-3-5-14(17)6-12/h3-6,11,13,15H,7-10H2,1-2H3/t13-,15+/m0/s1. The number of fused-ring (bicyclic) bond motifs is 1. The van der Waals surface area contributed by atoms with Crippen LogP contribution in [0, 0.1) is 17.7 Å². The molecule has 2 fully saturated rings. The highest BCUT2D eigenvalue weighted by Crippen LogP contribution is 2.34. The first-order valence-corrected chi connectivity index (χ1v) is 7.32. The molecule has 0 saturated carbocycles. The Morgan fingerprint density at radius 2 is 2.15 bits per heavy atom. The van der Waals surface area contributed by atoms with Crippen molar-refractivity contribution < 1.29 is 9.18 Å². The van der Waals surface area contributed by atoms with Crippen molar-refractivity contribution >= 4 is 5.91 Å². The van der Waals surface area contributed by atoms with Gasteiger partial charge in [-0.15, -0.1) is 0 Å². The summed E-state index contributed by atoms with van der Waals surface area (Å²) in [4.78, 5) is 16.4. The van der Waals surface area contributed by atoms with Gasteiger partial charge in [0.1, 0.15) is 5.82 Å². The monoisotopic (exact) mass is 276 g/mol. The van der Waals surface area contributed by atoms with Crippen molar-refractivity contribution in [2.24, 2.45) is 11.8 Å². The van der Waals surface area contributed by atoms with Crippen LogP contribution in [-0.2, 0) is 11.3 Å². The van der Waals surface area contributed by atoms with Crippen LogP contribution in [0.3, 0.4) is 0 Å². The maximum Gasteiger partial charge on any atom is 0.225 e. The third kappa shape index (κ3) is 2.44. The van der Waals surface area contributed by atoms with Gasteiger partial charge in [0.25, 0.3) is 0 Å². The summed E-state index contributed by atoms with van der Waals surface area (Å²) in [5.41, 5.74) is 1.01. The van der Waals surface area contributed by atoms with Gasteiger partial charge < -0.3 is 4.90 Å². The SMILES string of the molecule is CC(C)C(=O)N1C[C@@H]2CN(Cc3cccc(F)c3)[C@@H]2C1. The Morgan fingerprint density at radius 3 is 2.85 bits per heavy atom. The van der Waals surface area contributed by atoms with Gasteiger partial charge in [0.05, 0.1) is 0 Å². The Labute approximate surface area is 119 Å². The molecule has 20 heavy (non-hydrogen) atoms. The summed E-state index contributed by atoms with van der Waals surface area (Å²) in [6, 6.07) is 7.24. The van der Waals surface area contributed by atoms with Gasteiger partial charge >= 0.3 is 0 Å². The summed E-state index contributed by atoms with van der Waals surface area (Å²) < 4.78 is 13.2. The van der Waals surface area contributed by atoms with Crippen LogP contribution < -0.4 is 0 Å². The average Bonchev–Trinajstić information content (AvgIpc) is 2.73. The van der Waals surface area contributed by atoms with Crippen LogP contribution in [0.15, 0.2) is 24.3 Å². The fraction of sp³-hybridized carbons (Fsp3) is 0.562. The second kappa shape index (κ2) is 5.17. The van der Waals surface area contributed by atoms with Gasteiger partial charge in [-0.3, -0.25) is 9.69 Å². The highest BCUT2D eigenvalue weighted by molar-refractivity contribution is 5.78. The Bertz CT molecular complexity index is 517. The molecule has 2 atom stereocenters. The molecule has 1 aromatic carbocycles. The lowest BCUT2D eigenvalue weighted by molar-refractivity contribution is -0.133. The Balaban J connectivity index is 1.60. The number of carbonyl (C=O) groups is 1. The third-order valence-corrected chi connectivity index (χ3v) is 4.42. The molecule has 2 heterocycles. The van der Waals surface area contributed by atoms with E-state index in [1.54, 1.807) is 12.1 Å². The van der Waals surface area contributed by atoms with E-state index >= 15 is 0 Å². The van der Waals surface area contributed by atoms with Crippen LogP contribution >= 0.6 is 0 Å². The Hall–Kier alpha value is -1.42. The number of hydrogen-bond acceptors (Lipinski definition) is 2. The minimum absolute atomic E-state index is 0.0733. The van der Waals surface area contributed by atoms with E-state index in [1.165, 1.54) is 6.07 Å². The molecule has 0 N–H and O–H groups in total. The molecular formula is C16H21FN2O. The lowest BCUT2D eigenvalue weighted by Crippen LogP contribution is -2.54. The topological polar surface area (TPSA) is 23.6 Å². The molecule has 108 valence electrons. The normalized spacial score (nSPS) is 25.7. The first-order valence-electron chi connectivity index (χ1n) is 7.32. The van der Waals surface area contributed by atoms with E-state index < -0.39 is 0 Å². The molecule has 3 rings (SSSR count). The quantitative estimate of drug-likeness (QED) is 0.844. The molecule has 2 aliphatic heterocycles. The van der Waals surface area contributed by atoms with Gasteiger partial charge in [-0.1, -0.05) is 26.0 Å². The van der Waals surface area contributed by atoms with Crippen molar-refractivity contribution in [2.45, 2.75) is 26.4 Å². The van der Waals surface area contributed by atoms with E-state index in [-0.39, 0.29) is 17.6 Å². The molecule has 2 aliphatic rings. The maximum atomic E-state index is 13.2. The third-order valence-electron chi connectivity index (χ3n) is 4.42. The number of rotatable bonds is 3. The second-order valence-corrected chi connectivity index (χ2v) is 6.28. The van der Waals surface area contributed by atoms with Gasteiger partial charge in [0.2, 0.25) is 5.91 Å². The molecule has 3 nitrogen and oxygen atoms in total. The number of halogens is 1. The highest BCUT2D eigenvalue weighted by atomic mass is 19.1. The molecule has 0 aromatic heterocycles. The minimum atomic E-state index is -0.178. The first kappa shape index (κ1) is 13.6. The van der Waals surface area contributed by atoms with Crippen molar-refractivity contribution in [1.29, 1.82) is 0 Å². The Kier molecular flexibility index (Phi) is 3.50. The number of amides is 1. The maximum absolute atomic E-state index is 13.2. The lowest BCUT2D eigenvalue weighted by Gasteiger charge is -2.43. The summed E-state index contributed by atoms with van der Waals surface area (Å²) in [6.45, 7) is 7.42. The molecule has 0 unspecified atom stereocenters. The molecule has 0 radical (unpaired) electrons. The molecule has 4 heteroatoms. The molecule has 0 spiro atoms. The first-order chi connectivity index (χ1) is 9.54. The van der Waals surface area contributed by atoms with E-state index in [0.717, 1.165) is 31.7 Å². The van der Waals surface area contributed by atoms with Crippen molar-refractivity contribution in [2.75, 3.05) is 19.6 Å². The fourth-order valence-corrected chi connectivity index (χ4v) is 3.34. The zero-order valence-electron chi connectivity index (χ0n) is 12.1. The second-order valence-electron chi connectivity index (χ2n) is 6.28. The summed E-state index contributed by atoms with van der Waals surface area (Å²) >= 11 is 0. The van der Waals surface area contributed by atoms with Gasteiger partial charge in [-0.2, -0.15) is 0 Å². The molecule has 0 aliphatic carbocycles. The van der Waals surface area contributed by atoms with E-state index in [0.29, 0.717) is 12.0 Å². The van der Waals surface area contributed by atoms with E-state index in [4.69, 9.17) is 0 Å². The van der Waals surface area contributed by atoms with Crippen LogP contribution in [0.5, 0.6) is 0 Å². The highest BCUT2D eigenvalue weighted by Gasteiger charge is 2.46. The van der Waals surface area contributed by atoms with Crippen molar-refractivity contribution in [3.63, 3.8) is 0 Å². The smallest absolute Gasteiger partial charge is 0.225 e. The zero-order chi connectivity index (χ0) is 14.3. The van der Waals surface area contributed by atoms with Crippen LogP contribution in [0.4, 0.5) is 4.39 Å². The van der Waals surface area contributed by atoms with E-state index in [2.05, 4.69) is 4.90 Å². The number of nitrogens with zero attached hydrogens (tertiary/aromatic N) is 2. The molecule has 0 bridgehead atoms. The number of benzene rings is 1. The number of carbonyl (C=O) groups excluding carboxylic acids is 1. The molecular weight excluding hydrogens is 255 g/mol. The Morgan fingerprint density at radius 1 is 1.35 bits per heavy atom. The summed E-state index contributed by atoms with van der Waals surface area (Å²) in [7, 11) is 0. The summed E-state index contributed by atoms with van der Waals surface area (Å²) in [5.74, 6) is 0.753. The minimum Gasteiger partial charge on any atom is -0.341 e. The number of hydrogen-bond donors (Lipinski definition) is 0. The predicted molar refractivity (Wildman–Crippen MR) is 75.5 cm³/mol. The van der Waals surface area contributed by atoms with Crippen LogP contribution in [0.25, 0.3) is 0 Å². The van der Waals surface area contributed by atoms with Gasteiger partial charge in [-0.05, 0) is 17.7 Å². The molecule has 1 amide bonds. The van der Waals surface area contributed by atoms with Gasteiger partial charge in [0, 0.05) is 44.1 Å². The van der Waals surface area contributed by atoms with E-state index in [1.807, 2.05) is 24.8 Å². The predicted octanol–water partition coefficient (Wildman–Crippen LogP) is 2.12. The van der Waals surface area contributed by atoms with Crippen molar-refractivity contribution in [1.82, 2.24) is 9.80 Å². The molecule has 2 saturated heterocycles. The van der Waals surface area contributed by atoms with Crippen molar-refractivity contribution in [3.8, 4) is 0 Å². The summed E-state index contributed by atoms with van der Waals surface area (Å²) in [5, 5.41) is 0. The van der Waals surface area contributed by atoms with Crippen molar-refractivity contribution in [3.05, 3.63) is 35.6 Å². The average molecular weight is 276 g/mol. The van der Waals surface area contributed by atoms with Crippen LogP contribution in [0.1, 0.15) is 19.4 Å². The summed E-state index contributed by atoms with van der Waals surface area (Å²) in [6.07, 6.45) is 0. The van der Waals surface area contributed by atoms with E-state index in [9.17, 15) is 9.18 Å². The zero-order valence-corrected chi connectivity index (χ0v) is 12.1. The molecule has 1 aromatic rings. The van der Waals surface area contributed by atoms with Gasteiger partial charge in [0.15, 0.2) is 0 Å². The van der Waals surface area contributed by atoms with Gasteiger partial charge in [-0.25, -0.2) is 4.39 Å². The van der Waals surface area contributed by atoms with Crippen LogP contribution in [0.2, 0.25) is 0 Å². The van der Waals surface area contributed by atoms with Crippen LogP contribution in [-0.4, -0.2) is 41.4 Å². The largest absolute Gasteiger partial charge is 0.341 e.